The van der Waals surface area contributed by atoms with E-state index in [1.54, 1.807) is 4.57 Å². The Morgan fingerprint density at radius 3 is 2.50 bits per heavy atom. The molecule has 1 rings (SSSR count). The number of halogens is 1. The van der Waals surface area contributed by atoms with Gasteiger partial charge in [0.25, 0.3) is 5.56 Å². The Kier molecular flexibility index (Phi) is 3.76. The maximum absolute atomic E-state index is 11.8. The average Bonchev–Trinajstić information content (AvgIpc) is 2.17. The summed E-state index contributed by atoms with van der Waals surface area (Å²) in [5.41, 5.74) is 1.80. The zero-order chi connectivity index (χ0) is 10.7. The second-order valence-corrected chi connectivity index (χ2v) is 3.89. The summed E-state index contributed by atoms with van der Waals surface area (Å²) in [6, 6.07) is 3.82. The molecule has 1 heterocycles. The smallest absolute Gasteiger partial charge is 0.255 e. The Morgan fingerprint density at radius 2 is 2.07 bits per heavy atom. The summed E-state index contributed by atoms with van der Waals surface area (Å²) in [4.78, 5) is 11.8. The van der Waals surface area contributed by atoms with Gasteiger partial charge in [0.2, 0.25) is 0 Å². The lowest BCUT2D eigenvalue weighted by Gasteiger charge is -2.14. The first-order chi connectivity index (χ1) is 6.61. The van der Waals surface area contributed by atoms with Crippen LogP contribution in [0, 0.1) is 0 Å². The largest absolute Gasteiger partial charge is 0.312 e. The maximum atomic E-state index is 11.8. The van der Waals surface area contributed by atoms with Crippen LogP contribution in [0.4, 0.5) is 0 Å². The fourth-order valence-corrected chi connectivity index (χ4v) is 1.77. The monoisotopic (exact) mass is 213 g/mol. The van der Waals surface area contributed by atoms with Gasteiger partial charge in [-0.25, -0.2) is 0 Å². The fraction of sp³-hybridized carbons (Fsp3) is 0.545. The maximum Gasteiger partial charge on any atom is 0.255 e. The molecule has 0 bridgehead atoms. The lowest BCUT2D eigenvalue weighted by atomic mass is 10.1. The molecule has 0 aliphatic rings. The third kappa shape index (κ3) is 2.01. The van der Waals surface area contributed by atoms with E-state index in [1.807, 2.05) is 19.1 Å². The van der Waals surface area contributed by atoms with Crippen LogP contribution in [-0.2, 0) is 12.4 Å². The number of rotatable bonds is 3. The van der Waals surface area contributed by atoms with E-state index in [0.717, 1.165) is 5.69 Å². The predicted octanol–water partition coefficient (Wildman–Crippen LogP) is 2.73. The Labute approximate surface area is 89.5 Å². The van der Waals surface area contributed by atoms with Crippen molar-refractivity contribution in [2.24, 2.45) is 0 Å². The van der Waals surface area contributed by atoms with Gasteiger partial charge in [0, 0.05) is 17.8 Å². The van der Waals surface area contributed by atoms with Crippen molar-refractivity contribution >= 4 is 11.6 Å². The SMILES string of the molecule is CCn1c(C(C)C)ccc(CCl)c1=O. The van der Waals surface area contributed by atoms with E-state index in [0.29, 0.717) is 18.0 Å². The normalized spacial score (nSPS) is 10.9. The summed E-state index contributed by atoms with van der Waals surface area (Å²) in [6.07, 6.45) is 0. The molecule has 3 heteroatoms. The molecule has 0 radical (unpaired) electrons. The number of hydrogen-bond donors (Lipinski definition) is 0. The molecule has 0 saturated carbocycles. The average molecular weight is 214 g/mol. The molecule has 0 aromatic carbocycles. The van der Waals surface area contributed by atoms with Crippen LogP contribution in [0.15, 0.2) is 16.9 Å². The molecule has 0 aliphatic heterocycles. The van der Waals surface area contributed by atoms with Crippen LogP contribution in [0.25, 0.3) is 0 Å². The van der Waals surface area contributed by atoms with Crippen molar-refractivity contribution in [2.45, 2.75) is 39.1 Å². The van der Waals surface area contributed by atoms with Gasteiger partial charge in [0.05, 0.1) is 5.88 Å². The van der Waals surface area contributed by atoms with E-state index in [1.165, 1.54) is 0 Å². The van der Waals surface area contributed by atoms with Crippen LogP contribution in [0.3, 0.4) is 0 Å². The molecular weight excluding hydrogens is 198 g/mol. The highest BCUT2D eigenvalue weighted by Gasteiger charge is 2.08. The van der Waals surface area contributed by atoms with Crippen molar-refractivity contribution < 1.29 is 0 Å². The number of aromatic nitrogens is 1. The van der Waals surface area contributed by atoms with Gasteiger partial charge in [-0.3, -0.25) is 4.79 Å². The van der Waals surface area contributed by atoms with E-state index < -0.39 is 0 Å². The Balaban J connectivity index is 3.36. The molecule has 0 saturated heterocycles. The zero-order valence-electron chi connectivity index (χ0n) is 8.88. The Morgan fingerprint density at radius 1 is 1.43 bits per heavy atom. The van der Waals surface area contributed by atoms with Gasteiger partial charge in [0.15, 0.2) is 0 Å². The van der Waals surface area contributed by atoms with Gasteiger partial charge in [0.1, 0.15) is 0 Å². The standard InChI is InChI=1S/C11H16ClNO/c1-4-13-10(8(2)3)6-5-9(7-12)11(13)14/h5-6,8H,4,7H2,1-3H3. The molecule has 0 atom stereocenters. The number of pyridine rings is 1. The zero-order valence-corrected chi connectivity index (χ0v) is 9.64. The molecular formula is C11H16ClNO. The molecule has 78 valence electrons. The van der Waals surface area contributed by atoms with Crippen molar-refractivity contribution in [3.63, 3.8) is 0 Å². The van der Waals surface area contributed by atoms with Gasteiger partial charge in [-0.15, -0.1) is 11.6 Å². The van der Waals surface area contributed by atoms with Crippen molar-refractivity contribution in [1.82, 2.24) is 4.57 Å². The number of alkyl halides is 1. The highest BCUT2D eigenvalue weighted by atomic mass is 35.5. The minimum Gasteiger partial charge on any atom is -0.312 e. The van der Waals surface area contributed by atoms with Gasteiger partial charge in [-0.05, 0) is 18.9 Å². The van der Waals surface area contributed by atoms with Gasteiger partial charge >= 0.3 is 0 Å². The molecule has 0 fully saturated rings. The first-order valence-electron chi connectivity index (χ1n) is 4.90. The van der Waals surface area contributed by atoms with Crippen molar-refractivity contribution in [3.8, 4) is 0 Å². The van der Waals surface area contributed by atoms with E-state index in [2.05, 4.69) is 13.8 Å². The second-order valence-electron chi connectivity index (χ2n) is 3.62. The molecule has 1 aromatic heterocycles. The van der Waals surface area contributed by atoms with Crippen molar-refractivity contribution in [1.29, 1.82) is 0 Å². The topological polar surface area (TPSA) is 22.0 Å². The lowest BCUT2D eigenvalue weighted by molar-refractivity contribution is 0.635. The van der Waals surface area contributed by atoms with Crippen LogP contribution in [0.1, 0.15) is 37.9 Å². The van der Waals surface area contributed by atoms with Crippen LogP contribution in [0.2, 0.25) is 0 Å². The number of hydrogen-bond acceptors (Lipinski definition) is 1. The quantitative estimate of drug-likeness (QED) is 0.708. The summed E-state index contributed by atoms with van der Waals surface area (Å²) in [5, 5.41) is 0. The van der Waals surface area contributed by atoms with E-state index in [9.17, 15) is 4.79 Å². The third-order valence-corrected chi connectivity index (χ3v) is 2.63. The Bertz CT molecular complexity index is 368. The molecule has 0 spiro atoms. The van der Waals surface area contributed by atoms with E-state index in [-0.39, 0.29) is 11.4 Å². The molecule has 0 amide bonds. The Hall–Kier alpha value is -0.760. The first kappa shape index (κ1) is 11.3. The summed E-state index contributed by atoms with van der Waals surface area (Å²) in [6.45, 7) is 6.85. The lowest BCUT2D eigenvalue weighted by Crippen LogP contribution is -2.25. The molecule has 0 unspecified atom stereocenters. The summed E-state index contributed by atoms with van der Waals surface area (Å²) >= 11 is 5.68. The molecule has 2 nitrogen and oxygen atoms in total. The fourth-order valence-electron chi connectivity index (χ4n) is 1.57. The predicted molar refractivity (Wildman–Crippen MR) is 60.0 cm³/mol. The summed E-state index contributed by atoms with van der Waals surface area (Å²) in [5.74, 6) is 0.657. The van der Waals surface area contributed by atoms with Crippen molar-refractivity contribution in [2.75, 3.05) is 0 Å². The first-order valence-corrected chi connectivity index (χ1v) is 5.43. The van der Waals surface area contributed by atoms with Crippen LogP contribution < -0.4 is 5.56 Å². The highest BCUT2D eigenvalue weighted by Crippen LogP contribution is 2.13. The van der Waals surface area contributed by atoms with Crippen LogP contribution in [-0.4, -0.2) is 4.57 Å². The molecule has 0 N–H and O–H groups in total. The minimum atomic E-state index is 0.0497. The number of nitrogens with zero attached hydrogens (tertiary/aromatic N) is 1. The molecule has 0 aliphatic carbocycles. The third-order valence-electron chi connectivity index (χ3n) is 2.34. The van der Waals surface area contributed by atoms with Crippen LogP contribution in [0.5, 0.6) is 0 Å². The highest BCUT2D eigenvalue weighted by molar-refractivity contribution is 6.17. The second kappa shape index (κ2) is 4.65. The van der Waals surface area contributed by atoms with Crippen LogP contribution >= 0.6 is 11.6 Å². The van der Waals surface area contributed by atoms with Gasteiger partial charge in [-0.1, -0.05) is 19.9 Å². The summed E-state index contributed by atoms with van der Waals surface area (Å²) in [7, 11) is 0. The molecule has 1 aromatic rings. The summed E-state index contributed by atoms with van der Waals surface area (Å²) < 4.78 is 1.79. The van der Waals surface area contributed by atoms with Gasteiger partial charge < -0.3 is 4.57 Å². The van der Waals surface area contributed by atoms with Gasteiger partial charge in [-0.2, -0.15) is 0 Å². The molecule has 14 heavy (non-hydrogen) atoms. The van der Waals surface area contributed by atoms with Crippen molar-refractivity contribution in [3.05, 3.63) is 33.7 Å². The van der Waals surface area contributed by atoms with E-state index in [4.69, 9.17) is 11.6 Å². The minimum absolute atomic E-state index is 0.0497. The van der Waals surface area contributed by atoms with E-state index >= 15 is 0 Å².